The predicted molar refractivity (Wildman–Crippen MR) is 68.8 cm³/mol. The largest absolute Gasteiger partial charge is 0.481 e. The topological polar surface area (TPSA) is 107 Å². The van der Waals surface area contributed by atoms with Gasteiger partial charge >= 0.3 is 12.0 Å². The molecular weight excluding hydrogens is 248 g/mol. The normalized spacial score (nSPS) is 17.7. The summed E-state index contributed by atoms with van der Waals surface area (Å²) in [7, 11) is 0. The minimum atomic E-state index is -0.823. The molecule has 2 amide bonds. The maximum Gasteiger partial charge on any atom is 0.319 e. The fraction of sp³-hybridized carbons (Fsp3) is 0.583. The van der Waals surface area contributed by atoms with Gasteiger partial charge in [0.2, 0.25) is 0 Å². The smallest absolute Gasteiger partial charge is 0.319 e. The number of hydrogen-bond donors (Lipinski definition) is 4. The van der Waals surface area contributed by atoms with Crippen molar-refractivity contribution in [2.45, 2.75) is 32.1 Å². The molecule has 0 unspecified atom stereocenters. The first-order valence-corrected chi connectivity index (χ1v) is 6.39. The van der Waals surface area contributed by atoms with Crippen LogP contribution < -0.4 is 10.6 Å². The molecule has 0 aliphatic heterocycles. The number of carbonyl (C=O) groups is 2. The summed E-state index contributed by atoms with van der Waals surface area (Å²) in [5.74, 6) is -0.823. The Morgan fingerprint density at radius 3 is 2.68 bits per heavy atom. The Balaban J connectivity index is 1.88. The summed E-state index contributed by atoms with van der Waals surface area (Å²) in [4.78, 5) is 23.1. The monoisotopic (exact) mass is 266 g/mol. The van der Waals surface area contributed by atoms with Crippen molar-refractivity contribution < 1.29 is 14.7 Å². The van der Waals surface area contributed by atoms with Gasteiger partial charge in [0, 0.05) is 12.7 Å². The van der Waals surface area contributed by atoms with Gasteiger partial charge in [0.15, 0.2) is 0 Å². The van der Waals surface area contributed by atoms with Crippen LogP contribution in [0.3, 0.4) is 0 Å². The first-order chi connectivity index (χ1) is 9.12. The second kappa shape index (κ2) is 5.73. The number of carbonyl (C=O) groups excluding carboxylic acids is 1. The van der Waals surface area contributed by atoms with E-state index in [1.807, 2.05) is 0 Å². The Bertz CT molecular complexity index is 438. The molecule has 0 radical (unpaired) electrons. The van der Waals surface area contributed by atoms with Crippen molar-refractivity contribution in [1.82, 2.24) is 15.5 Å². The lowest BCUT2D eigenvalue weighted by Crippen LogP contribution is -2.45. The molecule has 7 nitrogen and oxygen atoms in total. The Morgan fingerprint density at radius 1 is 1.37 bits per heavy atom. The second-order valence-corrected chi connectivity index (χ2v) is 4.94. The number of carboxylic acid groups (broad SMARTS) is 1. The zero-order chi connectivity index (χ0) is 13.7. The van der Waals surface area contributed by atoms with Gasteiger partial charge in [-0.05, 0) is 12.8 Å². The minimum Gasteiger partial charge on any atom is -0.481 e. The fourth-order valence-electron chi connectivity index (χ4n) is 2.44. The molecule has 0 aromatic carbocycles. The van der Waals surface area contributed by atoms with Gasteiger partial charge in [0.25, 0.3) is 0 Å². The quantitative estimate of drug-likeness (QED) is 0.663. The van der Waals surface area contributed by atoms with Crippen LogP contribution in [0, 0.1) is 5.41 Å². The number of nitrogens with zero attached hydrogens (tertiary/aromatic N) is 1. The highest BCUT2D eigenvalue weighted by Gasteiger charge is 2.39. The van der Waals surface area contributed by atoms with Gasteiger partial charge in [-0.2, -0.15) is 5.10 Å². The number of aliphatic carboxylic acids is 1. The molecule has 104 valence electrons. The molecule has 1 aromatic rings. The van der Waals surface area contributed by atoms with Crippen molar-refractivity contribution in [3.63, 3.8) is 0 Å². The predicted octanol–water partition coefficient (Wildman–Crippen LogP) is 1.57. The van der Waals surface area contributed by atoms with E-state index >= 15 is 0 Å². The highest BCUT2D eigenvalue weighted by atomic mass is 16.4. The lowest BCUT2D eigenvalue weighted by Gasteiger charge is -2.33. The molecule has 7 heteroatoms. The summed E-state index contributed by atoms with van der Waals surface area (Å²) in [5.41, 5.74) is -0.267. The summed E-state index contributed by atoms with van der Waals surface area (Å²) in [5, 5.41) is 20.9. The Labute approximate surface area is 110 Å². The van der Waals surface area contributed by atoms with Crippen molar-refractivity contribution in [3.8, 4) is 0 Å². The van der Waals surface area contributed by atoms with Crippen LogP contribution in [0.4, 0.5) is 10.5 Å². The molecule has 0 bridgehead atoms. The number of carboxylic acids is 1. The molecule has 0 saturated heterocycles. The van der Waals surface area contributed by atoms with Crippen molar-refractivity contribution in [3.05, 3.63) is 12.4 Å². The number of urea groups is 1. The summed E-state index contributed by atoms with van der Waals surface area (Å²) < 4.78 is 0. The molecule has 19 heavy (non-hydrogen) atoms. The highest BCUT2D eigenvalue weighted by Crippen LogP contribution is 2.35. The van der Waals surface area contributed by atoms with E-state index in [1.165, 1.54) is 6.20 Å². The van der Waals surface area contributed by atoms with Crippen LogP contribution in [0.15, 0.2) is 12.4 Å². The minimum absolute atomic E-state index is 0.159. The molecule has 1 heterocycles. The van der Waals surface area contributed by atoms with Gasteiger partial charge in [0.05, 0.1) is 17.3 Å². The van der Waals surface area contributed by atoms with Gasteiger partial charge in [-0.15, -0.1) is 0 Å². The number of nitrogens with one attached hydrogen (secondary N) is 3. The standard InChI is InChI=1S/C12H18N4O3/c17-10(18)12(4-2-1-3-5-12)8-13-11(19)16-9-6-14-15-7-9/h6-7H,1-5,8H2,(H,14,15)(H,17,18)(H2,13,16,19). The first-order valence-electron chi connectivity index (χ1n) is 6.39. The zero-order valence-electron chi connectivity index (χ0n) is 10.6. The van der Waals surface area contributed by atoms with E-state index in [0.717, 1.165) is 19.3 Å². The molecular formula is C12H18N4O3. The molecule has 2 rings (SSSR count). The summed E-state index contributed by atoms with van der Waals surface area (Å²) in [6, 6.07) is -0.410. The molecule has 0 atom stereocenters. The summed E-state index contributed by atoms with van der Waals surface area (Å²) in [6.07, 6.45) is 7.13. The number of aromatic amines is 1. The Hall–Kier alpha value is -2.05. The van der Waals surface area contributed by atoms with E-state index in [9.17, 15) is 14.7 Å². The Morgan fingerprint density at radius 2 is 2.11 bits per heavy atom. The molecule has 1 saturated carbocycles. The van der Waals surface area contributed by atoms with Gasteiger partial charge < -0.3 is 15.7 Å². The van der Waals surface area contributed by atoms with Gasteiger partial charge in [0.1, 0.15) is 0 Å². The van der Waals surface area contributed by atoms with Crippen LogP contribution in [-0.4, -0.2) is 33.8 Å². The van der Waals surface area contributed by atoms with E-state index < -0.39 is 17.4 Å². The van der Waals surface area contributed by atoms with Crippen molar-refractivity contribution in [2.75, 3.05) is 11.9 Å². The molecule has 1 fully saturated rings. The average molecular weight is 266 g/mol. The fourth-order valence-corrected chi connectivity index (χ4v) is 2.44. The van der Waals surface area contributed by atoms with Gasteiger partial charge in [-0.3, -0.25) is 9.89 Å². The number of anilines is 1. The summed E-state index contributed by atoms with van der Waals surface area (Å²) >= 11 is 0. The van der Waals surface area contributed by atoms with E-state index in [0.29, 0.717) is 18.5 Å². The lowest BCUT2D eigenvalue weighted by atomic mass is 9.74. The van der Waals surface area contributed by atoms with E-state index in [4.69, 9.17) is 0 Å². The molecule has 1 aliphatic rings. The lowest BCUT2D eigenvalue weighted by molar-refractivity contribution is -0.150. The molecule has 1 aliphatic carbocycles. The molecule has 0 spiro atoms. The number of rotatable bonds is 4. The van der Waals surface area contributed by atoms with Crippen molar-refractivity contribution in [2.24, 2.45) is 5.41 Å². The number of amides is 2. The number of H-pyrrole nitrogens is 1. The zero-order valence-corrected chi connectivity index (χ0v) is 10.6. The van der Waals surface area contributed by atoms with Gasteiger partial charge in [-0.1, -0.05) is 19.3 Å². The van der Waals surface area contributed by atoms with Crippen LogP contribution >= 0.6 is 0 Å². The van der Waals surface area contributed by atoms with Crippen LogP contribution in [0.2, 0.25) is 0 Å². The average Bonchev–Trinajstić information content (AvgIpc) is 2.90. The maximum absolute atomic E-state index is 11.7. The highest BCUT2D eigenvalue weighted by molar-refractivity contribution is 5.89. The maximum atomic E-state index is 11.7. The SMILES string of the molecule is O=C(NCC1(C(=O)O)CCCCC1)Nc1cn[nH]c1. The van der Waals surface area contributed by atoms with Crippen molar-refractivity contribution >= 4 is 17.7 Å². The summed E-state index contributed by atoms with van der Waals surface area (Å²) in [6.45, 7) is 0.159. The second-order valence-electron chi connectivity index (χ2n) is 4.94. The third kappa shape index (κ3) is 3.24. The molecule has 4 N–H and O–H groups in total. The van der Waals surface area contributed by atoms with E-state index in [-0.39, 0.29) is 6.54 Å². The van der Waals surface area contributed by atoms with Gasteiger partial charge in [-0.25, -0.2) is 4.79 Å². The Kier molecular flexibility index (Phi) is 4.03. The first kappa shape index (κ1) is 13.4. The van der Waals surface area contributed by atoms with E-state index in [1.54, 1.807) is 6.20 Å². The van der Waals surface area contributed by atoms with Crippen LogP contribution in [0.5, 0.6) is 0 Å². The number of hydrogen-bond acceptors (Lipinski definition) is 3. The van der Waals surface area contributed by atoms with Crippen molar-refractivity contribution in [1.29, 1.82) is 0 Å². The third-order valence-electron chi connectivity index (χ3n) is 3.61. The van der Waals surface area contributed by atoms with Crippen LogP contribution in [-0.2, 0) is 4.79 Å². The van der Waals surface area contributed by atoms with Crippen LogP contribution in [0.25, 0.3) is 0 Å². The number of aromatic nitrogens is 2. The molecule has 1 aromatic heterocycles. The van der Waals surface area contributed by atoms with E-state index in [2.05, 4.69) is 20.8 Å². The van der Waals surface area contributed by atoms with Crippen LogP contribution in [0.1, 0.15) is 32.1 Å². The third-order valence-corrected chi connectivity index (χ3v) is 3.61.